The van der Waals surface area contributed by atoms with Crippen molar-refractivity contribution < 1.29 is 4.79 Å². The van der Waals surface area contributed by atoms with Gasteiger partial charge in [0.1, 0.15) is 0 Å². The molecular weight excluding hydrogens is 254 g/mol. The van der Waals surface area contributed by atoms with Crippen molar-refractivity contribution in [2.45, 2.75) is 48.8 Å². The molecule has 2 fully saturated rings. The minimum Gasteiger partial charge on any atom is -0.352 e. The summed E-state index contributed by atoms with van der Waals surface area (Å²) in [7, 11) is 0. The second-order valence-corrected chi connectivity index (χ2v) is 7.28. The maximum absolute atomic E-state index is 12.2. The Labute approximate surface area is 119 Å². The lowest BCUT2D eigenvalue weighted by Gasteiger charge is -2.24. The summed E-state index contributed by atoms with van der Waals surface area (Å²) >= 11 is 1.64. The molecule has 0 aromatic heterocycles. The molecule has 3 heteroatoms. The van der Waals surface area contributed by atoms with Crippen molar-refractivity contribution in [2.24, 2.45) is 11.8 Å². The van der Waals surface area contributed by atoms with E-state index < -0.39 is 0 Å². The first kappa shape index (κ1) is 13.0. The summed E-state index contributed by atoms with van der Waals surface area (Å²) in [6.45, 7) is 2.00. The van der Waals surface area contributed by atoms with E-state index >= 15 is 0 Å². The van der Waals surface area contributed by atoms with E-state index in [0.29, 0.717) is 6.04 Å². The number of thioether (sulfide) groups is 1. The van der Waals surface area contributed by atoms with Crippen LogP contribution in [-0.2, 0) is 4.79 Å². The summed E-state index contributed by atoms with van der Waals surface area (Å²) in [5.41, 5.74) is 0. The van der Waals surface area contributed by atoms with E-state index in [0.717, 1.165) is 16.7 Å². The number of hydrogen-bond acceptors (Lipinski definition) is 2. The Kier molecular flexibility index (Phi) is 3.83. The lowest BCUT2D eigenvalue weighted by atomic mass is 9.95. The Morgan fingerprint density at radius 3 is 2.68 bits per heavy atom. The molecule has 2 bridgehead atoms. The van der Waals surface area contributed by atoms with Crippen molar-refractivity contribution in [2.75, 3.05) is 0 Å². The summed E-state index contributed by atoms with van der Waals surface area (Å²) in [5.74, 6) is 1.83. The number of carbonyl (C=O) groups is 1. The summed E-state index contributed by atoms with van der Waals surface area (Å²) in [6.07, 6.45) is 5.24. The molecule has 0 unspecified atom stereocenters. The van der Waals surface area contributed by atoms with Gasteiger partial charge in [0.25, 0.3) is 0 Å². The normalized spacial score (nSPS) is 30.3. The van der Waals surface area contributed by atoms with Crippen molar-refractivity contribution in [3.63, 3.8) is 0 Å². The Hall–Kier alpha value is -0.960. The van der Waals surface area contributed by atoms with Crippen molar-refractivity contribution in [3.05, 3.63) is 30.3 Å². The largest absolute Gasteiger partial charge is 0.352 e. The average molecular weight is 275 g/mol. The maximum Gasteiger partial charge on any atom is 0.233 e. The zero-order valence-electron chi connectivity index (χ0n) is 11.3. The first-order chi connectivity index (χ1) is 9.22. The first-order valence-corrected chi connectivity index (χ1v) is 8.12. The van der Waals surface area contributed by atoms with Gasteiger partial charge in [0, 0.05) is 10.9 Å². The monoisotopic (exact) mass is 275 g/mol. The van der Waals surface area contributed by atoms with Crippen molar-refractivity contribution >= 4 is 17.7 Å². The van der Waals surface area contributed by atoms with Crippen molar-refractivity contribution in [1.82, 2.24) is 5.32 Å². The highest BCUT2D eigenvalue weighted by Crippen LogP contribution is 2.44. The van der Waals surface area contributed by atoms with Crippen molar-refractivity contribution in [3.8, 4) is 0 Å². The highest BCUT2D eigenvalue weighted by Gasteiger charge is 2.40. The molecule has 2 nitrogen and oxygen atoms in total. The van der Waals surface area contributed by atoms with Crippen LogP contribution in [0.4, 0.5) is 0 Å². The fourth-order valence-corrected chi connectivity index (χ4v) is 4.38. The van der Waals surface area contributed by atoms with Gasteiger partial charge in [-0.1, -0.05) is 24.6 Å². The van der Waals surface area contributed by atoms with E-state index in [2.05, 4.69) is 17.4 Å². The predicted molar refractivity (Wildman–Crippen MR) is 79.1 cm³/mol. The van der Waals surface area contributed by atoms with Gasteiger partial charge in [0.05, 0.1) is 5.25 Å². The average Bonchev–Trinajstić information content (AvgIpc) is 3.02. The molecule has 1 aromatic carbocycles. The van der Waals surface area contributed by atoms with Crippen LogP contribution in [0.15, 0.2) is 35.2 Å². The molecule has 2 aliphatic rings. The van der Waals surface area contributed by atoms with Gasteiger partial charge < -0.3 is 5.32 Å². The third-order valence-corrected chi connectivity index (χ3v) is 5.60. The highest BCUT2D eigenvalue weighted by atomic mass is 32.2. The Morgan fingerprint density at radius 2 is 2.05 bits per heavy atom. The molecule has 4 atom stereocenters. The number of benzene rings is 1. The van der Waals surface area contributed by atoms with Crippen LogP contribution in [0.5, 0.6) is 0 Å². The van der Waals surface area contributed by atoms with Crippen LogP contribution in [0.2, 0.25) is 0 Å². The number of nitrogens with one attached hydrogen (secondary N) is 1. The Bertz CT molecular complexity index is 447. The SMILES string of the molecule is C[C@H](Sc1ccccc1)C(=O)N[C@H]1C[C@@H]2CC[C@@H]1C2. The summed E-state index contributed by atoms with van der Waals surface area (Å²) in [6, 6.07) is 10.6. The van der Waals surface area contributed by atoms with Crippen LogP contribution < -0.4 is 5.32 Å². The number of hydrogen-bond donors (Lipinski definition) is 1. The molecule has 1 aromatic rings. The predicted octanol–water partition coefficient (Wildman–Crippen LogP) is 3.47. The van der Waals surface area contributed by atoms with Crippen LogP contribution in [0.3, 0.4) is 0 Å². The minimum atomic E-state index is -0.0125. The first-order valence-electron chi connectivity index (χ1n) is 7.24. The number of carbonyl (C=O) groups excluding carboxylic acids is 1. The van der Waals surface area contributed by atoms with Crippen LogP contribution >= 0.6 is 11.8 Å². The van der Waals surface area contributed by atoms with Crippen molar-refractivity contribution in [1.29, 1.82) is 0 Å². The van der Waals surface area contributed by atoms with Gasteiger partial charge in [-0.3, -0.25) is 4.79 Å². The van der Waals surface area contributed by atoms with E-state index in [-0.39, 0.29) is 11.2 Å². The molecule has 3 rings (SSSR count). The fourth-order valence-electron chi connectivity index (χ4n) is 3.48. The molecule has 1 N–H and O–H groups in total. The van der Waals surface area contributed by atoms with E-state index in [1.165, 1.54) is 25.7 Å². The number of rotatable bonds is 4. The molecule has 19 heavy (non-hydrogen) atoms. The summed E-state index contributed by atoms with van der Waals surface area (Å²) < 4.78 is 0. The van der Waals surface area contributed by atoms with Gasteiger partial charge >= 0.3 is 0 Å². The molecule has 2 saturated carbocycles. The Balaban J connectivity index is 1.53. The van der Waals surface area contributed by atoms with Gasteiger partial charge in [0.15, 0.2) is 0 Å². The van der Waals surface area contributed by atoms with Gasteiger partial charge in [0.2, 0.25) is 5.91 Å². The second kappa shape index (κ2) is 5.58. The molecule has 102 valence electrons. The van der Waals surface area contributed by atoms with Crippen LogP contribution in [-0.4, -0.2) is 17.2 Å². The van der Waals surface area contributed by atoms with E-state index in [9.17, 15) is 4.79 Å². The van der Waals surface area contributed by atoms with Gasteiger partial charge in [-0.2, -0.15) is 0 Å². The maximum atomic E-state index is 12.2. The smallest absolute Gasteiger partial charge is 0.233 e. The molecule has 2 aliphatic carbocycles. The lowest BCUT2D eigenvalue weighted by molar-refractivity contribution is -0.121. The third kappa shape index (κ3) is 2.97. The summed E-state index contributed by atoms with van der Waals surface area (Å²) in [5, 5.41) is 3.26. The van der Waals surface area contributed by atoms with Crippen LogP contribution in [0, 0.1) is 11.8 Å². The third-order valence-electron chi connectivity index (χ3n) is 4.49. The van der Waals surface area contributed by atoms with E-state index in [1.54, 1.807) is 11.8 Å². The Morgan fingerprint density at radius 1 is 1.26 bits per heavy atom. The van der Waals surface area contributed by atoms with Gasteiger partial charge in [-0.15, -0.1) is 11.8 Å². The highest BCUT2D eigenvalue weighted by molar-refractivity contribution is 8.00. The van der Waals surface area contributed by atoms with Gasteiger partial charge in [-0.25, -0.2) is 0 Å². The van der Waals surface area contributed by atoms with Gasteiger partial charge in [-0.05, 0) is 50.2 Å². The second-order valence-electron chi connectivity index (χ2n) is 5.86. The molecule has 0 heterocycles. The zero-order chi connectivity index (χ0) is 13.2. The minimum absolute atomic E-state index is 0.0125. The fraction of sp³-hybridized carbons (Fsp3) is 0.562. The summed E-state index contributed by atoms with van der Waals surface area (Å²) in [4.78, 5) is 13.4. The molecule has 0 saturated heterocycles. The topological polar surface area (TPSA) is 29.1 Å². The van der Waals surface area contributed by atoms with Crippen LogP contribution in [0.1, 0.15) is 32.6 Å². The zero-order valence-corrected chi connectivity index (χ0v) is 12.2. The standard InChI is InChI=1S/C16H21NOS/c1-11(19-14-5-3-2-4-6-14)16(18)17-15-10-12-7-8-13(15)9-12/h2-6,11-13,15H,7-10H2,1H3,(H,17,18)/t11-,12+,13+,15-/m0/s1. The molecule has 1 amide bonds. The molecule has 0 radical (unpaired) electrons. The molecular formula is C16H21NOS. The quantitative estimate of drug-likeness (QED) is 0.852. The van der Waals surface area contributed by atoms with E-state index in [1.807, 2.05) is 25.1 Å². The molecule has 0 aliphatic heterocycles. The van der Waals surface area contributed by atoms with E-state index in [4.69, 9.17) is 0 Å². The molecule has 0 spiro atoms. The lowest BCUT2D eigenvalue weighted by Crippen LogP contribution is -2.42. The number of fused-ring (bicyclic) bond motifs is 2. The van der Waals surface area contributed by atoms with Crippen LogP contribution in [0.25, 0.3) is 0 Å². The number of amides is 1.